The number of amides is 2. The summed E-state index contributed by atoms with van der Waals surface area (Å²) in [6.45, 7) is 1.78. The molecule has 1 unspecified atom stereocenters. The van der Waals surface area contributed by atoms with Gasteiger partial charge in [-0.3, -0.25) is 14.4 Å². The molecule has 0 saturated carbocycles. The van der Waals surface area contributed by atoms with Crippen LogP contribution in [0.3, 0.4) is 0 Å². The molecule has 2 aliphatic heterocycles. The second-order valence-corrected chi connectivity index (χ2v) is 8.82. The molecule has 2 fully saturated rings. The summed E-state index contributed by atoms with van der Waals surface area (Å²) in [5, 5.41) is 5.88. The number of nitrogens with one attached hydrogen (secondary N) is 2. The van der Waals surface area contributed by atoms with Gasteiger partial charge in [0, 0.05) is 17.2 Å². The molecule has 168 valence electrons. The highest BCUT2D eigenvalue weighted by atomic mass is 16.2. The number of hydrogen-bond acceptors (Lipinski definition) is 4. The Kier molecular flexibility index (Phi) is 6.70. The largest absolute Gasteiger partial charge is 0.343 e. The average Bonchev–Trinajstić information content (AvgIpc) is 3.19. The van der Waals surface area contributed by atoms with Gasteiger partial charge in [0.1, 0.15) is 6.04 Å². The Hall–Kier alpha value is -2.99. The highest BCUT2D eigenvalue weighted by Crippen LogP contribution is 2.40. The van der Waals surface area contributed by atoms with E-state index in [1.807, 2.05) is 59.5 Å². The highest BCUT2D eigenvalue weighted by Gasteiger charge is 2.42. The molecular weight excluding hydrogens is 402 g/mol. The van der Waals surface area contributed by atoms with Gasteiger partial charge in [-0.1, -0.05) is 48.5 Å². The number of likely N-dealkylation sites (N-methyl/N-ethyl adjacent to an activating group) is 1. The van der Waals surface area contributed by atoms with Crippen LogP contribution in [0.4, 0.5) is 0 Å². The topological polar surface area (TPSA) is 78.5 Å². The van der Waals surface area contributed by atoms with Gasteiger partial charge >= 0.3 is 0 Å². The average molecular weight is 434 g/mol. The van der Waals surface area contributed by atoms with Crippen LogP contribution >= 0.6 is 0 Å². The maximum Gasteiger partial charge on any atom is 0.245 e. The minimum atomic E-state index is -0.502. The predicted molar refractivity (Wildman–Crippen MR) is 123 cm³/mol. The molecule has 0 bridgehead atoms. The lowest BCUT2D eigenvalue weighted by atomic mass is 9.97. The third kappa shape index (κ3) is 4.46. The Bertz CT molecular complexity index is 991. The van der Waals surface area contributed by atoms with E-state index >= 15 is 0 Å². The van der Waals surface area contributed by atoms with Crippen LogP contribution in [0, 0.1) is 0 Å². The summed E-state index contributed by atoms with van der Waals surface area (Å²) in [5.41, 5.74) is 2.27. The Morgan fingerprint density at radius 2 is 1.72 bits per heavy atom. The number of carbonyl (C=O) groups excluding carboxylic acids is 3. The Balaban J connectivity index is 1.57. The van der Waals surface area contributed by atoms with Gasteiger partial charge in [-0.15, -0.1) is 0 Å². The van der Waals surface area contributed by atoms with Crippen LogP contribution in [-0.2, 0) is 9.59 Å². The van der Waals surface area contributed by atoms with Crippen LogP contribution in [0.15, 0.2) is 54.6 Å². The zero-order chi connectivity index (χ0) is 22.7. The summed E-state index contributed by atoms with van der Waals surface area (Å²) >= 11 is 0. The Morgan fingerprint density at radius 3 is 2.47 bits per heavy atom. The van der Waals surface area contributed by atoms with Gasteiger partial charge < -0.3 is 15.5 Å². The molecule has 6 heteroatoms. The van der Waals surface area contributed by atoms with Gasteiger partial charge in [0.05, 0.1) is 12.1 Å². The summed E-state index contributed by atoms with van der Waals surface area (Å²) in [6, 6.07) is 16.2. The van der Waals surface area contributed by atoms with Crippen LogP contribution in [0.2, 0.25) is 0 Å². The maximum atomic E-state index is 13.5. The van der Waals surface area contributed by atoms with Gasteiger partial charge in [-0.2, -0.15) is 0 Å². The number of hydrogen-bond donors (Lipinski definition) is 2. The van der Waals surface area contributed by atoms with Crippen molar-refractivity contribution in [2.45, 2.75) is 63.2 Å². The number of benzene rings is 2. The second-order valence-electron chi connectivity index (χ2n) is 8.82. The van der Waals surface area contributed by atoms with Crippen molar-refractivity contribution in [3.63, 3.8) is 0 Å². The lowest BCUT2D eigenvalue weighted by molar-refractivity contribution is -0.138. The van der Waals surface area contributed by atoms with Crippen molar-refractivity contribution in [2.24, 2.45) is 0 Å². The van der Waals surface area contributed by atoms with E-state index in [9.17, 15) is 14.4 Å². The fourth-order valence-electron chi connectivity index (χ4n) is 4.89. The molecule has 2 N–H and O–H groups in total. The fraction of sp³-hybridized carbons (Fsp3) is 0.423. The van der Waals surface area contributed by atoms with Crippen molar-refractivity contribution in [3.8, 4) is 0 Å². The molecular formula is C26H31N3O3. The first-order valence-corrected chi connectivity index (χ1v) is 11.5. The molecule has 2 aliphatic rings. The first-order chi connectivity index (χ1) is 15.5. The smallest absolute Gasteiger partial charge is 0.245 e. The maximum absolute atomic E-state index is 13.5. The van der Waals surface area contributed by atoms with Gasteiger partial charge in [0.2, 0.25) is 11.8 Å². The fourth-order valence-corrected chi connectivity index (χ4v) is 4.89. The monoisotopic (exact) mass is 433 g/mol. The standard InChI is InChI=1S/C26H31N3O3/c1-17(27-2)25(31)28-22-13-7-12-21-14-15-23(29(21)26(22)32)19-10-6-11-20(16-19)24(30)18-8-4-3-5-9-18/h3-6,8-11,16-17,21-23,27H,7,12-15H2,1-2H3,(H,28,31)/t17?,21-,22-,23-/m0/s1. The summed E-state index contributed by atoms with van der Waals surface area (Å²) < 4.78 is 0. The van der Waals surface area contributed by atoms with Crippen LogP contribution in [0.1, 0.15) is 66.6 Å². The van der Waals surface area contributed by atoms with Gasteiger partial charge in [0.25, 0.3) is 0 Å². The van der Waals surface area contributed by atoms with Crippen molar-refractivity contribution in [2.75, 3.05) is 7.05 Å². The lowest BCUT2D eigenvalue weighted by Gasteiger charge is -2.32. The van der Waals surface area contributed by atoms with Gasteiger partial charge in [0.15, 0.2) is 5.78 Å². The molecule has 4 rings (SSSR count). The van der Waals surface area contributed by atoms with Gasteiger partial charge in [-0.05, 0) is 57.7 Å². The Morgan fingerprint density at radius 1 is 0.969 bits per heavy atom. The molecule has 4 atom stereocenters. The summed E-state index contributed by atoms with van der Waals surface area (Å²) in [6.07, 6.45) is 4.32. The zero-order valence-corrected chi connectivity index (χ0v) is 18.7. The molecule has 0 radical (unpaired) electrons. The third-order valence-corrected chi connectivity index (χ3v) is 6.80. The predicted octanol–water partition coefficient (Wildman–Crippen LogP) is 3.23. The number of ketones is 1. The molecule has 32 heavy (non-hydrogen) atoms. The summed E-state index contributed by atoms with van der Waals surface area (Å²) in [5.74, 6) is -0.183. The highest BCUT2D eigenvalue weighted by molar-refractivity contribution is 6.09. The molecule has 2 saturated heterocycles. The van der Waals surface area contributed by atoms with E-state index in [4.69, 9.17) is 0 Å². The quantitative estimate of drug-likeness (QED) is 0.686. The molecule has 2 amide bonds. The Labute approximate surface area is 189 Å². The minimum Gasteiger partial charge on any atom is -0.343 e. The summed E-state index contributed by atoms with van der Waals surface area (Å²) in [7, 11) is 1.73. The number of rotatable bonds is 6. The van der Waals surface area contributed by atoms with E-state index < -0.39 is 6.04 Å². The van der Waals surface area contributed by atoms with Crippen molar-refractivity contribution >= 4 is 17.6 Å². The van der Waals surface area contributed by atoms with E-state index in [1.54, 1.807) is 14.0 Å². The van der Waals surface area contributed by atoms with E-state index in [0.717, 1.165) is 31.2 Å². The first-order valence-electron chi connectivity index (χ1n) is 11.5. The van der Waals surface area contributed by atoms with Crippen molar-refractivity contribution < 1.29 is 14.4 Å². The molecule has 0 aromatic heterocycles. The SMILES string of the molecule is CNC(C)C(=O)N[C@H]1CCC[C@H]2CC[C@@H](c3cccc(C(=O)c4ccccc4)c3)N2C1=O. The van der Waals surface area contributed by atoms with E-state index in [1.165, 1.54) is 0 Å². The second kappa shape index (κ2) is 9.65. The third-order valence-electron chi connectivity index (χ3n) is 6.80. The normalized spacial score (nSPS) is 23.9. The first kappa shape index (κ1) is 22.2. The molecule has 0 aliphatic carbocycles. The number of carbonyl (C=O) groups is 3. The van der Waals surface area contributed by atoms with Crippen molar-refractivity contribution in [1.29, 1.82) is 0 Å². The summed E-state index contributed by atoms with van der Waals surface area (Å²) in [4.78, 5) is 40.9. The number of nitrogens with zero attached hydrogens (tertiary/aromatic N) is 1. The molecule has 0 spiro atoms. The minimum absolute atomic E-state index is 0.00792. The van der Waals surface area contributed by atoms with Crippen LogP contribution in [0.5, 0.6) is 0 Å². The van der Waals surface area contributed by atoms with Crippen LogP contribution in [-0.4, -0.2) is 47.7 Å². The zero-order valence-electron chi connectivity index (χ0n) is 18.7. The van der Waals surface area contributed by atoms with Crippen LogP contribution in [0.25, 0.3) is 0 Å². The van der Waals surface area contributed by atoms with Crippen LogP contribution < -0.4 is 10.6 Å². The van der Waals surface area contributed by atoms with Crippen molar-refractivity contribution in [1.82, 2.24) is 15.5 Å². The molecule has 2 heterocycles. The van der Waals surface area contributed by atoms with E-state index in [-0.39, 0.29) is 35.7 Å². The van der Waals surface area contributed by atoms with E-state index in [2.05, 4.69) is 10.6 Å². The van der Waals surface area contributed by atoms with Gasteiger partial charge in [-0.25, -0.2) is 0 Å². The van der Waals surface area contributed by atoms with E-state index in [0.29, 0.717) is 17.5 Å². The molecule has 6 nitrogen and oxygen atoms in total. The van der Waals surface area contributed by atoms with Crippen molar-refractivity contribution in [3.05, 3.63) is 71.3 Å². The number of fused-ring (bicyclic) bond motifs is 1. The lowest BCUT2D eigenvalue weighted by Crippen LogP contribution is -2.52. The molecule has 2 aromatic rings. The molecule has 2 aromatic carbocycles.